The van der Waals surface area contributed by atoms with Gasteiger partial charge in [0.05, 0.1) is 5.56 Å². The molecule has 1 aromatic rings. The van der Waals surface area contributed by atoms with Crippen LogP contribution in [0.5, 0.6) is 5.75 Å². The molecule has 2 N–H and O–H groups in total. The Balaban J connectivity index is 2.88. The molecule has 3 nitrogen and oxygen atoms in total. The molecule has 0 aliphatic rings. The minimum absolute atomic E-state index is 0.0229. The predicted octanol–water partition coefficient (Wildman–Crippen LogP) is 2.42. The van der Waals surface area contributed by atoms with Crippen LogP contribution in [0, 0.1) is 0 Å². The SMILES string of the molecule is O=C(O)c1ccc(C=CCCS)c(O)c1. The third-order valence-electron chi connectivity index (χ3n) is 1.87. The highest BCUT2D eigenvalue weighted by Gasteiger charge is 2.05. The van der Waals surface area contributed by atoms with E-state index in [1.165, 1.54) is 12.1 Å². The van der Waals surface area contributed by atoms with Gasteiger partial charge in [0.2, 0.25) is 0 Å². The van der Waals surface area contributed by atoms with Gasteiger partial charge in [-0.15, -0.1) is 0 Å². The fourth-order valence-corrected chi connectivity index (χ4v) is 1.25. The monoisotopic (exact) mass is 224 g/mol. The lowest BCUT2D eigenvalue weighted by molar-refractivity contribution is 0.0696. The third kappa shape index (κ3) is 3.32. The Morgan fingerprint density at radius 1 is 1.47 bits per heavy atom. The van der Waals surface area contributed by atoms with E-state index in [0.717, 1.165) is 12.2 Å². The number of phenols is 1. The van der Waals surface area contributed by atoms with E-state index in [9.17, 15) is 9.90 Å². The van der Waals surface area contributed by atoms with Crippen LogP contribution in [0.15, 0.2) is 24.3 Å². The molecule has 0 unspecified atom stereocenters. The molecule has 1 rings (SSSR count). The zero-order chi connectivity index (χ0) is 11.3. The molecule has 0 spiro atoms. The minimum Gasteiger partial charge on any atom is -0.507 e. The number of carbonyl (C=O) groups is 1. The third-order valence-corrected chi connectivity index (χ3v) is 2.13. The lowest BCUT2D eigenvalue weighted by atomic mass is 10.1. The van der Waals surface area contributed by atoms with E-state index < -0.39 is 5.97 Å². The number of benzene rings is 1. The van der Waals surface area contributed by atoms with E-state index in [1.54, 1.807) is 12.1 Å². The van der Waals surface area contributed by atoms with Crippen molar-refractivity contribution >= 4 is 24.7 Å². The first kappa shape index (κ1) is 11.7. The van der Waals surface area contributed by atoms with Crippen LogP contribution in [-0.4, -0.2) is 21.9 Å². The number of carboxylic acid groups (broad SMARTS) is 1. The maximum absolute atomic E-state index is 10.6. The molecule has 0 aliphatic carbocycles. The highest BCUT2D eigenvalue weighted by molar-refractivity contribution is 7.80. The quantitative estimate of drug-likeness (QED) is 0.688. The molecular formula is C11H12O3S. The fraction of sp³-hybridized carbons (Fsp3) is 0.182. The van der Waals surface area contributed by atoms with Gasteiger partial charge in [-0.1, -0.05) is 18.2 Å². The number of aromatic hydroxyl groups is 1. The molecule has 0 heterocycles. The maximum Gasteiger partial charge on any atom is 0.335 e. The summed E-state index contributed by atoms with van der Waals surface area (Å²) in [6.07, 6.45) is 4.43. The first-order valence-electron chi connectivity index (χ1n) is 4.49. The second kappa shape index (κ2) is 5.46. The number of phenolic OH excluding ortho intramolecular Hbond substituents is 1. The van der Waals surface area contributed by atoms with Crippen molar-refractivity contribution in [1.29, 1.82) is 0 Å². The Kier molecular flexibility index (Phi) is 4.24. The Morgan fingerprint density at radius 2 is 2.20 bits per heavy atom. The first-order chi connectivity index (χ1) is 7.15. The number of carboxylic acids is 1. The molecule has 0 bridgehead atoms. The molecule has 0 amide bonds. The van der Waals surface area contributed by atoms with Gasteiger partial charge < -0.3 is 10.2 Å². The summed E-state index contributed by atoms with van der Waals surface area (Å²) in [4.78, 5) is 10.6. The van der Waals surface area contributed by atoms with Crippen molar-refractivity contribution in [2.45, 2.75) is 6.42 Å². The normalized spacial score (nSPS) is 10.7. The van der Waals surface area contributed by atoms with Crippen LogP contribution >= 0.6 is 12.6 Å². The topological polar surface area (TPSA) is 57.5 Å². The average Bonchev–Trinajstić information content (AvgIpc) is 2.20. The molecule has 0 fully saturated rings. The second-order valence-corrected chi connectivity index (χ2v) is 3.44. The van der Waals surface area contributed by atoms with E-state index in [0.29, 0.717) is 5.56 Å². The van der Waals surface area contributed by atoms with Crippen LogP contribution in [0.3, 0.4) is 0 Å². The number of hydrogen-bond acceptors (Lipinski definition) is 3. The van der Waals surface area contributed by atoms with Crippen LogP contribution in [0.25, 0.3) is 6.08 Å². The standard InChI is InChI=1S/C11H12O3S/c12-10-7-9(11(13)14)5-4-8(10)3-1-2-6-15/h1,3-5,7,12,15H,2,6H2,(H,13,14). The summed E-state index contributed by atoms with van der Waals surface area (Å²) in [5.41, 5.74) is 0.695. The largest absolute Gasteiger partial charge is 0.507 e. The van der Waals surface area contributed by atoms with Crippen LogP contribution in [-0.2, 0) is 0 Å². The summed E-state index contributed by atoms with van der Waals surface area (Å²) in [6.45, 7) is 0. The summed E-state index contributed by atoms with van der Waals surface area (Å²) in [6, 6.07) is 4.28. The molecule has 0 saturated heterocycles. The van der Waals surface area contributed by atoms with Gasteiger partial charge in [-0.25, -0.2) is 4.79 Å². The van der Waals surface area contributed by atoms with Gasteiger partial charge in [0.25, 0.3) is 0 Å². The summed E-state index contributed by atoms with van der Waals surface area (Å²) < 4.78 is 0. The molecule has 80 valence electrons. The maximum atomic E-state index is 10.6. The van der Waals surface area contributed by atoms with Crippen LogP contribution in [0.4, 0.5) is 0 Å². The van der Waals surface area contributed by atoms with E-state index >= 15 is 0 Å². The van der Waals surface area contributed by atoms with E-state index in [-0.39, 0.29) is 11.3 Å². The van der Waals surface area contributed by atoms with Crippen molar-refractivity contribution in [2.24, 2.45) is 0 Å². The Labute approximate surface area is 93.5 Å². The Bertz CT molecular complexity index is 385. The minimum atomic E-state index is -1.05. The summed E-state index contributed by atoms with van der Waals surface area (Å²) >= 11 is 4.04. The van der Waals surface area contributed by atoms with Gasteiger partial charge in [0, 0.05) is 5.56 Å². The Morgan fingerprint density at radius 3 is 2.73 bits per heavy atom. The lowest BCUT2D eigenvalue weighted by Crippen LogP contribution is -1.95. The van der Waals surface area contributed by atoms with Crippen molar-refractivity contribution in [3.63, 3.8) is 0 Å². The smallest absolute Gasteiger partial charge is 0.335 e. The second-order valence-electron chi connectivity index (χ2n) is 2.99. The predicted molar refractivity (Wildman–Crippen MR) is 62.6 cm³/mol. The molecular weight excluding hydrogens is 212 g/mol. The van der Waals surface area contributed by atoms with E-state index in [4.69, 9.17) is 5.11 Å². The van der Waals surface area contributed by atoms with E-state index in [1.807, 2.05) is 6.08 Å². The molecule has 0 atom stereocenters. The van der Waals surface area contributed by atoms with Crippen molar-refractivity contribution < 1.29 is 15.0 Å². The van der Waals surface area contributed by atoms with Crippen molar-refractivity contribution in [2.75, 3.05) is 5.75 Å². The number of allylic oxidation sites excluding steroid dienone is 1. The van der Waals surface area contributed by atoms with Gasteiger partial charge in [0.15, 0.2) is 0 Å². The molecule has 1 aromatic carbocycles. The van der Waals surface area contributed by atoms with Gasteiger partial charge >= 0.3 is 5.97 Å². The molecule has 0 aliphatic heterocycles. The fourth-order valence-electron chi connectivity index (χ4n) is 1.10. The molecule has 0 radical (unpaired) electrons. The summed E-state index contributed by atoms with van der Waals surface area (Å²) in [5.74, 6) is -0.328. The number of hydrogen-bond donors (Lipinski definition) is 3. The average molecular weight is 224 g/mol. The zero-order valence-electron chi connectivity index (χ0n) is 8.05. The van der Waals surface area contributed by atoms with Gasteiger partial charge in [-0.05, 0) is 24.3 Å². The number of aromatic carboxylic acids is 1. The summed E-state index contributed by atoms with van der Waals surface area (Å²) in [7, 11) is 0. The van der Waals surface area contributed by atoms with Crippen molar-refractivity contribution in [3.05, 3.63) is 35.4 Å². The summed E-state index contributed by atoms with van der Waals surface area (Å²) in [5, 5.41) is 18.2. The molecule has 4 heteroatoms. The van der Waals surface area contributed by atoms with Crippen molar-refractivity contribution in [3.8, 4) is 5.75 Å². The lowest BCUT2D eigenvalue weighted by Gasteiger charge is -2.00. The van der Waals surface area contributed by atoms with Gasteiger partial charge in [0.1, 0.15) is 5.75 Å². The molecule has 15 heavy (non-hydrogen) atoms. The van der Waals surface area contributed by atoms with Crippen molar-refractivity contribution in [1.82, 2.24) is 0 Å². The first-order valence-corrected chi connectivity index (χ1v) is 5.12. The number of rotatable bonds is 4. The van der Waals surface area contributed by atoms with Gasteiger partial charge in [-0.3, -0.25) is 0 Å². The number of thiol groups is 1. The zero-order valence-corrected chi connectivity index (χ0v) is 8.95. The molecule has 0 saturated carbocycles. The van der Waals surface area contributed by atoms with E-state index in [2.05, 4.69) is 12.6 Å². The van der Waals surface area contributed by atoms with Crippen LogP contribution < -0.4 is 0 Å². The van der Waals surface area contributed by atoms with Gasteiger partial charge in [-0.2, -0.15) is 12.6 Å². The molecule has 0 aromatic heterocycles. The Hall–Kier alpha value is -1.42. The van der Waals surface area contributed by atoms with Crippen LogP contribution in [0.1, 0.15) is 22.3 Å². The van der Waals surface area contributed by atoms with Crippen LogP contribution in [0.2, 0.25) is 0 Å². The highest BCUT2D eigenvalue weighted by Crippen LogP contribution is 2.20. The highest BCUT2D eigenvalue weighted by atomic mass is 32.1.